The molecule has 0 aliphatic rings. The number of ether oxygens (including phenoxy) is 3. The van der Waals surface area contributed by atoms with E-state index in [9.17, 15) is 18.0 Å². The van der Waals surface area contributed by atoms with Gasteiger partial charge in [-0.15, -0.1) is 0 Å². The molecule has 2 aromatic rings. The van der Waals surface area contributed by atoms with E-state index in [1.165, 1.54) is 31.2 Å². The Labute approximate surface area is 150 Å². The Hall–Kier alpha value is -2.48. The second-order valence-corrected chi connectivity index (χ2v) is 5.17. The molecule has 25 heavy (non-hydrogen) atoms. The molecule has 2 rings (SSSR count). The zero-order valence-electron chi connectivity index (χ0n) is 15.6. The SMILES string of the molecule is [2H]C([2H])([2H])OC(=O)[C@@H](C)Oc1ccc(Oc2ncc(C(F)(F)F)cc2Cl)cc1. The van der Waals surface area contributed by atoms with Gasteiger partial charge >= 0.3 is 12.1 Å². The molecule has 134 valence electrons. The molecule has 5 nitrogen and oxygen atoms in total. The van der Waals surface area contributed by atoms with Crippen molar-refractivity contribution in [3.8, 4) is 17.4 Å². The first-order chi connectivity index (χ1) is 12.8. The normalized spacial score (nSPS) is 14.7. The number of esters is 1. The van der Waals surface area contributed by atoms with Crippen LogP contribution in [0, 0.1) is 0 Å². The van der Waals surface area contributed by atoms with Crippen LogP contribution in [-0.4, -0.2) is 24.1 Å². The van der Waals surface area contributed by atoms with E-state index in [0.717, 1.165) is 0 Å². The predicted octanol–water partition coefficient (Wildman–Crippen LogP) is 4.49. The third kappa shape index (κ3) is 4.99. The van der Waals surface area contributed by atoms with E-state index in [4.69, 9.17) is 25.2 Å². The third-order valence-corrected chi connectivity index (χ3v) is 3.19. The molecule has 1 aromatic carbocycles. The fourth-order valence-corrected chi connectivity index (χ4v) is 1.89. The van der Waals surface area contributed by atoms with Crippen molar-refractivity contribution in [3.63, 3.8) is 0 Å². The summed E-state index contributed by atoms with van der Waals surface area (Å²) in [5.74, 6) is -0.896. The number of nitrogens with zero attached hydrogens (tertiary/aromatic N) is 1. The van der Waals surface area contributed by atoms with Gasteiger partial charge in [0.1, 0.15) is 16.5 Å². The van der Waals surface area contributed by atoms with E-state index < -0.39 is 30.9 Å². The lowest BCUT2D eigenvalue weighted by Crippen LogP contribution is -2.24. The van der Waals surface area contributed by atoms with Crippen molar-refractivity contribution in [2.45, 2.75) is 19.2 Å². The smallest absolute Gasteiger partial charge is 0.417 e. The maximum atomic E-state index is 12.6. The molecule has 0 saturated heterocycles. The van der Waals surface area contributed by atoms with Crippen LogP contribution in [0.25, 0.3) is 0 Å². The summed E-state index contributed by atoms with van der Waals surface area (Å²) in [6.07, 6.45) is -5.17. The first-order valence-corrected chi connectivity index (χ1v) is 7.13. The van der Waals surface area contributed by atoms with Gasteiger partial charge in [-0.05, 0) is 37.3 Å². The van der Waals surface area contributed by atoms with Gasteiger partial charge in [0.05, 0.1) is 16.7 Å². The number of carbonyl (C=O) groups excluding carboxylic acids is 1. The number of benzene rings is 1. The Morgan fingerprint density at radius 3 is 2.48 bits per heavy atom. The first kappa shape index (κ1) is 14.8. The van der Waals surface area contributed by atoms with E-state index in [0.29, 0.717) is 12.3 Å². The molecule has 1 heterocycles. The molecule has 1 aromatic heterocycles. The number of alkyl halides is 3. The van der Waals surface area contributed by atoms with Crippen LogP contribution >= 0.6 is 11.6 Å². The highest BCUT2D eigenvalue weighted by Gasteiger charge is 2.31. The molecule has 0 aliphatic heterocycles. The van der Waals surface area contributed by atoms with Gasteiger partial charge in [-0.2, -0.15) is 13.2 Å². The van der Waals surface area contributed by atoms with Crippen LogP contribution < -0.4 is 9.47 Å². The Bertz CT molecular complexity index is 845. The van der Waals surface area contributed by atoms with E-state index >= 15 is 0 Å². The summed E-state index contributed by atoms with van der Waals surface area (Å²) >= 11 is 5.76. The number of pyridine rings is 1. The number of carbonyl (C=O) groups is 1. The van der Waals surface area contributed by atoms with Gasteiger partial charge in [-0.25, -0.2) is 9.78 Å². The standard InChI is InChI=1S/C16H13ClF3NO4/c1-9(15(22)23-2)24-11-3-5-12(6-4-11)25-14-13(17)7-10(8-21-14)16(18,19)20/h3-9H,1-2H3/t9-/m1/s1/i2D3. The van der Waals surface area contributed by atoms with Crippen LogP contribution in [-0.2, 0) is 15.7 Å². The van der Waals surface area contributed by atoms with Crippen LogP contribution in [0.15, 0.2) is 36.5 Å². The van der Waals surface area contributed by atoms with Gasteiger partial charge in [0.25, 0.3) is 0 Å². The van der Waals surface area contributed by atoms with Gasteiger partial charge in [0.15, 0.2) is 6.10 Å². The van der Waals surface area contributed by atoms with Crippen molar-refractivity contribution in [1.29, 1.82) is 0 Å². The molecule has 0 saturated carbocycles. The lowest BCUT2D eigenvalue weighted by atomic mass is 10.3. The maximum Gasteiger partial charge on any atom is 0.417 e. The number of hydrogen-bond acceptors (Lipinski definition) is 5. The Morgan fingerprint density at radius 1 is 1.28 bits per heavy atom. The average molecular weight is 379 g/mol. The first-order valence-electron chi connectivity index (χ1n) is 8.25. The minimum atomic E-state index is -4.58. The summed E-state index contributed by atoms with van der Waals surface area (Å²) < 4.78 is 73.2. The molecular formula is C16H13ClF3NO4. The van der Waals surface area contributed by atoms with Crippen molar-refractivity contribution in [3.05, 3.63) is 47.1 Å². The molecule has 0 spiro atoms. The van der Waals surface area contributed by atoms with Crippen molar-refractivity contribution in [1.82, 2.24) is 4.98 Å². The minimum absolute atomic E-state index is 0.194. The topological polar surface area (TPSA) is 57.7 Å². The van der Waals surface area contributed by atoms with Gasteiger partial charge in [0.2, 0.25) is 5.88 Å². The Morgan fingerprint density at radius 2 is 1.92 bits per heavy atom. The van der Waals surface area contributed by atoms with Gasteiger partial charge in [-0.1, -0.05) is 11.6 Å². The second kappa shape index (κ2) is 7.60. The summed E-state index contributed by atoms with van der Waals surface area (Å²) in [7, 11) is -2.87. The van der Waals surface area contributed by atoms with E-state index in [1.807, 2.05) is 0 Å². The van der Waals surface area contributed by atoms with E-state index in [2.05, 4.69) is 9.72 Å². The van der Waals surface area contributed by atoms with Crippen LogP contribution in [0.2, 0.25) is 5.02 Å². The molecular weight excluding hydrogens is 363 g/mol. The lowest BCUT2D eigenvalue weighted by Gasteiger charge is -2.13. The lowest BCUT2D eigenvalue weighted by molar-refractivity contribution is -0.148. The summed E-state index contributed by atoms with van der Waals surface area (Å²) in [5.41, 5.74) is -1.01. The summed E-state index contributed by atoms with van der Waals surface area (Å²) in [4.78, 5) is 15.1. The molecule has 1 atom stereocenters. The number of aromatic nitrogens is 1. The van der Waals surface area contributed by atoms with E-state index in [1.54, 1.807) is 0 Å². The zero-order valence-corrected chi connectivity index (χ0v) is 13.4. The number of hydrogen-bond donors (Lipinski definition) is 0. The number of halogens is 4. The van der Waals surface area contributed by atoms with Crippen LogP contribution in [0.4, 0.5) is 13.2 Å². The quantitative estimate of drug-likeness (QED) is 0.718. The highest BCUT2D eigenvalue weighted by molar-refractivity contribution is 6.31. The molecule has 0 unspecified atom stereocenters. The largest absolute Gasteiger partial charge is 0.479 e. The molecule has 0 aliphatic carbocycles. The van der Waals surface area contributed by atoms with Crippen molar-refractivity contribution >= 4 is 17.6 Å². The number of rotatable bonds is 5. The fourth-order valence-electron chi connectivity index (χ4n) is 1.69. The van der Waals surface area contributed by atoms with Gasteiger partial charge < -0.3 is 14.2 Å². The minimum Gasteiger partial charge on any atom is -0.479 e. The van der Waals surface area contributed by atoms with Gasteiger partial charge in [-0.3, -0.25) is 0 Å². The molecule has 9 heteroatoms. The molecule has 0 amide bonds. The predicted molar refractivity (Wildman–Crippen MR) is 82.9 cm³/mol. The van der Waals surface area contributed by atoms with E-state index in [-0.39, 0.29) is 22.4 Å². The molecule has 0 radical (unpaired) electrons. The summed E-state index contributed by atoms with van der Waals surface area (Å²) in [5, 5.41) is -0.323. The van der Waals surface area contributed by atoms with Crippen LogP contribution in [0.1, 0.15) is 16.6 Å². The molecule has 0 bridgehead atoms. The van der Waals surface area contributed by atoms with Crippen molar-refractivity contribution < 1.29 is 36.3 Å². The van der Waals surface area contributed by atoms with Crippen LogP contribution in [0.3, 0.4) is 0 Å². The fraction of sp³-hybridized carbons (Fsp3) is 0.250. The Balaban J connectivity index is 2.02. The van der Waals surface area contributed by atoms with Crippen molar-refractivity contribution in [2.24, 2.45) is 0 Å². The number of methoxy groups -OCH3 is 1. The van der Waals surface area contributed by atoms with Crippen LogP contribution in [0.5, 0.6) is 17.4 Å². The average Bonchev–Trinajstić information content (AvgIpc) is 2.56. The second-order valence-electron chi connectivity index (χ2n) is 4.76. The highest BCUT2D eigenvalue weighted by atomic mass is 35.5. The summed E-state index contributed by atoms with van der Waals surface area (Å²) in [6, 6.07) is 6.28. The third-order valence-electron chi connectivity index (χ3n) is 2.92. The maximum absolute atomic E-state index is 12.6. The van der Waals surface area contributed by atoms with Gasteiger partial charge in [0, 0.05) is 6.20 Å². The van der Waals surface area contributed by atoms with Crippen molar-refractivity contribution in [2.75, 3.05) is 7.04 Å². The zero-order chi connectivity index (χ0) is 21.1. The summed E-state index contributed by atoms with van der Waals surface area (Å²) in [6.45, 7) is 1.31. The Kier molecular flexibility index (Phi) is 4.51. The molecule has 0 N–H and O–H groups in total. The monoisotopic (exact) mass is 378 g/mol. The molecule has 0 fully saturated rings. The highest BCUT2D eigenvalue weighted by Crippen LogP contribution is 2.34.